The van der Waals surface area contributed by atoms with Gasteiger partial charge in [-0.1, -0.05) is 48.5 Å². The summed E-state index contributed by atoms with van der Waals surface area (Å²) in [6, 6.07) is 21.8. The molecule has 3 aromatic carbocycles. The average Bonchev–Trinajstić information content (AvgIpc) is 3.34. The molecule has 0 unspecified atom stereocenters. The van der Waals surface area contributed by atoms with Crippen LogP contribution in [0.25, 0.3) is 28.1 Å². The van der Waals surface area contributed by atoms with Crippen molar-refractivity contribution in [2.75, 3.05) is 12.3 Å². The van der Waals surface area contributed by atoms with Gasteiger partial charge >= 0.3 is 0 Å². The fraction of sp³-hybridized carbons (Fsp3) is 0.115. The number of fused-ring (bicyclic) bond motifs is 2. The molecule has 6 heteroatoms. The summed E-state index contributed by atoms with van der Waals surface area (Å²) in [6.45, 7) is 0.643. The zero-order valence-electron chi connectivity index (χ0n) is 17.6. The molecule has 1 aliphatic heterocycles. The maximum Gasteiger partial charge on any atom is 0.256 e. The third-order valence-corrected chi connectivity index (χ3v) is 5.90. The van der Waals surface area contributed by atoms with Crippen LogP contribution >= 0.6 is 0 Å². The largest absolute Gasteiger partial charge is 0.398 e. The van der Waals surface area contributed by atoms with E-state index >= 15 is 0 Å². The lowest BCUT2D eigenvalue weighted by Gasteiger charge is -2.15. The van der Waals surface area contributed by atoms with Crippen molar-refractivity contribution in [1.29, 1.82) is 5.26 Å². The summed E-state index contributed by atoms with van der Waals surface area (Å²) in [5.41, 5.74) is 12.6. The van der Waals surface area contributed by atoms with Crippen LogP contribution in [0, 0.1) is 11.3 Å². The highest BCUT2D eigenvalue weighted by Crippen LogP contribution is 2.37. The molecule has 1 aromatic heterocycles. The molecule has 0 bridgehead atoms. The van der Waals surface area contributed by atoms with E-state index in [1.807, 2.05) is 72.5 Å². The summed E-state index contributed by atoms with van der Waals surface area (Å²) in [4.78, 5) is 14.9. The van der Waals surface area contributed by atoms with E-state index in [1.165, 1.54) is 0 Å². The molecule has 0 radical (unpaired) electrons. The molecule has 0 spiro atoms. The summed E-state index contributed by atoms with van der Waals surface area (Å²) < 4.78 is 1.83. The topological polar surface area (TPSA) is 87.9 Å². The molecule has 2 heterocycles. The van der Waals surface area contributed by atoms with Gasteiger partial charge in [-0.25, -0.2) is 0 Å². The van der Waals surface area contributed by atoms with Crippen molar-refractivity contribution in [3.8, 4) is 17.2 Å². The Morgan fingerprint density at radius 2 is 2.00 bits per heavy atom. The molecular formula is C26H21N5O. The van der Waals surface area contributed by atoms with Gasteiger partial charge < -0.3 is 10.6 Å². The van der Waals surface area contributed by atoms with E-state index in [4.69, 9.17) is 5.73 Å². The summed E-state index contributed by atoms with van der Waals surface area (Å²) in [6.07, 6.45) is 3.65. The molecule has 0 atom stereocenters. The van der Waals surface area contributed by atoms with Crippen LogP contribution in [0.3, 0.4) is 0 Å². The van der Waals surface area contributed by atoms with Gasteiger partial charge in [0.15, 0.2) is 0 Å². The first-order valence-corrected chi connectivity index (χ1v) is 10.3. The zero-order chi connectivity index (χ0) is 22.2. The number of hydrogen-bond donors (Lipinski definition) is 1. The third kappa shape index (κ3) is 3.30. The monoisotopic (exact) mass is 419 g/mol. The number of amides is 1. The number of nitriles is 1. The molecule has 4 aromatic rings. The minimum atomic E-state index is -0.143. The number of benzene rings is 3. The lowest BCUT2D eigenvalue weighted by Crippen LogP contribution is -2.26. The van der Waals surface area contributed by atoms with Crippen LogP contribution in [0.4, 0.5) is 5.69 Å². The van der Waals surface area contributed by atoms with Crippen molar-refractivity contribution >= 4 is 28.6 Å². The number of carbonyl (C=O) groups excluding carboxylic acids is 1. The summed E-state index contributed by atoms with van der Waals surface area (Å²) in [7, 11) is 1.91. The van der Waals surface area contributed by atoms with Gasteiger partial charge in [0.2, 0.25) is 0 Å². The Morgan fingerprint density at radius 1 is 1.19 bits per heavy atom. The van der Waals surface area contributed by atoms with Gasteiger partial charge in [0.1, 0.15) is 0 Å². The average molecular weight is 419 g/mol. The Bertz CT molecular complexity index is 1430. The van der Waals surface area contributed by atoms with E-state index in [-0.39, 0.29) is 12.5 Å². The molecule has 6 nitrogen and oxygen atoms in total. The Hall–Kier alpha value is -4.37. The van der Waals surface area contributed by atoms with Crippen molar-refractivity contribution in [2.24, 2.45) is 7.05 Å². The van der Waals surface area contributed by atoms with Crippen molar-refractivity contribution in [3.63, 3.8) is 0 Å². The predicted octanol–water partition coefficient (Wildman–Crippen LogP) is 4.39. The lowest BCUT2D eigenvalue weighted by molar-refractivity contribution is 0.0795. The number of carbonyl (C=O) groups is 1. The second-order valence-electron chi connectivity index (χ2n) is 7.95. The van der Waals surface area contributed by atoms with E-state index < -0.39 is 0 Å². The van der Waals surface area contributed by atoms with Crippen LogP contribution < -0.4 is 5.73 Å². The first-order chi connectivity index (χ1) is 15.5. The van der Waals surface area contributed by atoms with Gasteiger partial charge in [-0.2, -0.15) is 10.4 Å². The normalized spacial score (nSPS) is 13.4. The molecule has 0 saturated carbocycles. The van der Waals surface area contributed by atoms with Crippen molar-refractivity contribution in [3.05, 3.63) is 89.1 Å². The third-order valence-electron chi connectivity index (χ3n) is 5.90. The highest BCUT2D eigenvalue weighted by Gasteiger charge is 2.32. The molecule has 0 fully saturated rings. The van der Waals surface area contributed by atoms with Gasteiger partial charge in [-0.05, 0) is 40.5 Å². The van der Waals surface area contributed by atoms with E-state index in [2.05, 4.69) is 17.2 Å². The fourth-order valence-electron chi connectivity index (χ4n) is 4.28. The molecule has 0 saturated heterocycles. The summed E-state index contributed by atoms with van der Waals surface area (Å²) in [5, 5.41) is 15.0. The maximum absolute atomic E-state index is 13.2. The van der Waals surface area contributed by atoms with E-state index in [0.29, 0.717) is 23.4 Å². The molecular weight excluding hydrogens is 398 g/mol. The number of nitrogen functional groups attached to an aromatic ring is 1. The number of nitrogens with two attached hydrogens (primary N) is 1. The van der Waals surface area contributed by atoms with E-state index in [1.54, 1.807) is 11.0 Å². The van der Waals surface area contributed by atoms with Gasteiger partial charge in [-0.3, -0.25) is 9.48 Å². The number of aryl methyl sites for hydroxylation is 1. The first kappa shape index (κ1) is 19.6. The molecule has 156 valence electrons. The maximum atomic E-state index is 13.2. The quantitative estimate of drug-likeness (QED) is 0.393. The molecule has 2 N–H and O–H groups in total. The minimum Gasteiger partial charge on any atom is -0.398 e. The smallest absolute Gasteiger partial charge is 0.256 e. The molecule has 32 heavy (non-hydrogen) atoms. The van der Waals surface area contributed by atoms with Crippen LogP contribution in [0.15, 0.2) is 72.4 Å². The van der Waals surface area contributed by atoms with Crippen LogP contribution in [-0.4, -0.2) is 27.1 Å². The van der Waals surface area contributed by atoms with E-state index in [0.717, 1.165) is 33.2 Å². The van der Waals surface area contributed by atoms with Crippen molar-refractivity contribution < 1.29 is 4.79 Å². The first-order valence-electron chi connectivity index (χ1n) is 10.3. The van der Waals surface area contributed by atoms with Crippen molar-refractivity contribution in [2.45, 2.75) is 6.54 Å². The fourth-order valence-corrected chi connectivity index (χ4v) is 4.28. The lowest BCUT2D eigenvalue weighted by atomic mass is 9.95. The Morgan fingerprint density at radius 3 is 2.78 bits per heavy atom. The minimum absolute atomic E-state index is 0.143. The number of hydrogen-bond acceptors (Lipinski definition) is 4. The summed E-state index contributed by atoms with van der Waals surface area (Å²) >= 11 is 0. The highest BCUT2D eigenvalue weighted by atomic mass is 16.2. The molecule has 1 aliphatic rings. The van der Waals surface area contributed by atoms with Crippen LogP contribution in [0.1, 0.15) is 21.5 Å². The number of aromatic nitrogens is 2. The second-order valence-corrected chi connectivity index (χ2v) is 7.95. The number of anilines is 1. The van der Waals surface area contributed by atoms with Gasteiger partial charge in [0.25, 0.3) is 5.91 Å². The molecule has 1 amide bonds. The summed E-state index contributed by atoms with van der Waals surface area (Å²) in [5.74, 6) is -0.143. The zero-order valence-corrected chi connectivity index (χ0v) is 17.6. The molecule has 0 aliphatic carbocycles. The predicted molar refractivity (Wildman–Crippen MR) is 125 cm³/mol. The van der Waals surface area contributed by atoms with Crippen LogP contribution in [0.2, 0.25) is 0 Å². The number of nitrogens with zero attached hydrogens (tertiary/aromatic N) is 4. The van der Waals surface area contributed by atoms with Gasteiger partial charge in [0, 0.05) is 30.2 Å². The van der Waals surface area contributed by atoms with Gasteiger partial charge in [-0.15, -0.1) is 0 Å². The molecule has 5 rings (SSSR count). The Labute approximate surface area is 185 Å². The van der Waals surface area contributed by atoms with Crippen LogP contribution in [-0.2, 0) is 13.6 Å². The SMILES string of the molecule is Cn1ncc2ccc(-c3ccc(N)c4c3CN(C/C(C#N)=C/c3ccccc3)C4=O)cc21. The standard InChI is InChI=1S/C26H21N5O/c1-30-24-12-19(7-8-20(24)14-29-30)21-9-10-23(28)25-22(21)16-31(26(25)32)15-18(13-27)11-17-5-3-2-4-6-17/h2-12,14H,15-16,28H2,1H3/b18-11+. The van der Waals surface area contributed by atoms with Gasteiger partial charge in [0.05, 0.1) is 29.9 Å². The second kappa shape index (κ2) is 7.71. The Balaban J connectivity index is 1.51. The Kier molecular flexibility index (Phi) is 4.72. The van der Waals surface area contributed by atoms with Crippen molar-refractivity contribution in [1.82, 2.24) is 14.7 Å². The van der Waals surface area contributed by atoms with E-state index in [9.17, 15) is 10.1 Å². The number of rotatable bonds is 4. The van der Waals surface area contributed by atoms with Crippen LogP contribution in [0.5, 0.6) is 0 Å². The highest BCUT2D eigenvalue weighted by molar-refractivity contribution is 6.05.